The fraction of sp³-hybridized carbons (Fsp3) is 0.316. The Bertz CT molecular complexity index is 823. The second-order valence-corrected chi connectivity index (χ2v) is 6.67. The van der Waals surface area contributed by atoms with E-state index in [2.05, 4.69) is 10.1 Å². The number of esters is 2. The molecule has 1 heterocycles. The maximum atomic E-state index is 12.4. The quantitative estimate of drug-likeness (QED) is 0.447. The molecule has 1 aromatic carbocycles. The number of rotatable bonds is 7. The number of aryl methyl sites for hydroxylation is 1. The molecule has 0 radical (unpaired) electrons. The fourth-order valence-electron chi connectivity index (χ4n) is 2.37. The maximum absolute atomic E-state index is 12.4. The summed E-state index contributed by atoms with van der Waals surface area (Å²) < 4.78 is 9.68. The van der Waals surface area contributed by atoms with E-state index in [1.165, 1.54) is 7.11 Å². The van der Waals surface area contributed by atoms with Crippen molar-refractivity contribution in [1.29, 1.82) is 0 Å². The molecular weight excluding hydrogens is 354 g/mol. The first-order valence-corrected chi connectivity index (χ1v) is 8.93. The van der Waals surface area contributed by atoms with Gasteiger partial charge in [0.2, 0.25) is 0 Å². The minimum Gasteiger partial charge on any atom is -0.469 e. The van der Waals surface area contributed by atoms with Crippen molar-refractivity contribution in [2.24, 2.45) is 0 Å². The summed E-state index contributed by atoms with van der Waals surface area (Å²) in [4.78, 5) is 36.5. The predicted molar refractivity (Wildman–Crippen MR) is 100 cm³/mol. The van der Waals surface area contributed by atoms with E-state index in [-0.39, 0.29) is 18.8 Å². The van der Waals surface area contributed by atoms with Crippen molar-refractivity contribution in [3.8, 4) is 0 Å². The standard InChI is InChI=1S/C19H21NO5S/c1-5-25-19(23)16-12(3)17(14(21)10-15(22)24-4)26-18(16)20-13-8-6-11(2)7-9-13/h6-9,20H,5,10H2,1-4H3. The number of nitrogens with one attached hydrogen (secondary N) is 1. The Hall–Kier alpha value is -2.67. The van der Waals surface area contributed by atoms with Crippen molar-refractivity contribution in [1.82, 2.24) is 0 Å². The second-order valence-electron chi connectivity index (χ2n) is 5.65. The molecule has 0 fully saturated rings. The molecule has 0 aliphatic carbocycles. The van der Waals surface area contributed by atoms with Crippen LogP contribution in [0.3, 0.4) is 0 Å². The molecule has 138 valence electrons. The van der Waals surface area contributed by atoms with Crippen LogP contribution in [0.15, 0.2) is 24.3 Å². The lowest BCUT2D eigenvalue weighted by Gasteiger charge is -2.08. The Morgan fingerprint density at radius 2 is 1.77 bits per heavy atom. The summed E-state index contributed by atoms with van der Waals surface area (Å²) in [5.41, 5.74) is 2.70. The Morgan fingerprint density at radius 1 is 1.12 bits per heavy atom. The zero-order chi connectivity index (χ0) is 19.3. The summed E-state index contributed by atoms with van der Waals surface area (Å²) in [6.45, 7) is 5.60. The van der Waals surface area contributed by atoms with Crippen molar-refractivity contribution in [3.63, 3.8) is 0 Å². The lowest BCUT2D eigenvalue weighted by molar-refractivity contribution is -0.139. The van der Waals surface area contributed by atoms with Crippen LogP contribution in [0.5, 0.6) is 0 Å². The van der Waals surface area contributed by atoms with Crippen LogP contribution in [0.4, 0.5) is 10.7 Å². The molecule has 0 unspecified atom stereocenters. The highest BCUT2D eigenvalue weighted by atomic mass is 32.1. The van der Waals surface area contributed by atoms with Gasteiger partial charge in [0, 0.05) is 5.69 Å². The Labute approximate surface area is 156 Å². The monoisotopic (exact) mass is 375 g/mol. The number of ketones is 1. The third kappa shape index (κ3) is 4.49. The van der Waals surface area contributed by atoms with Crippen LogP contribution in [0, 0.1) is 13.8 Å². The molecule has 1 N–H and O–H groups in total. The van der Waals surface area contributed by atoms with Crippen LogP contribution in [-0.2, 0) is 14.3 Å². The van der Waals surface area contributed by atoms with Gasteiger partial charge in [0.15, 0.2) is 5.78 Å². The predicted octanol–water partition coefficient (Wildman–Crippen LogP) is 4.03. The van der Waals surface area contributed by atoms with Gasteiger partial charge in [-0.2, -0.15) is 0 Å². The molecule has 0 amide bonds. The van der Waals surface area contributed by atoms with E-state index < -0.39 is 11.9 Å². The van der Waals surface area contributed by atoms with Crippen molar-refractivity contribution < 1.29 is 23.9 Å². The molecule has 0 spiro atoms. The Balaban J connectivity index is 2.42. The average Bonchev–Trinajstić information content (AvgIpc) is 2.93. The maximum Gasteiger partial charge on any atom is 0.341 e. The lowest BCUT2D eigenvalue weighted by Crippen LogP contribution is -2.11. The number of methoxy groups -OCH3 is 1. The zero-order valence-corrected chi connectivity index (χ0v) is 16.0. The molecule has 0 aliphatic heterocycles. The number of benzene rings is 1. The van der Waals surface area contributed by atoms with E-state index in [4.69, 9.17) is 4.74 Å². The smallest absolute Gasteiger partial charge is 0.341 e. The highest BCUT2D eigenvalue weighted by Crippen LogP contribution is 2.36. The zero-order valence-electron chi connectivity index (χ0n) is 15.2. The Morgan fingerprint density at radius 3 is 2.35 bits per heavy atom. The van der Waals surface area contributed by atoms with Crippen LogP contribution >= 0.6 is 11.3 Å². The van der Waals surface area contributed by atoms with Gasteiger partial charge < -0.3 is 14.8 Å². The summed E-state index contributed by atoms with van der Waals surface area (Å²) in [6.07, 6.45) is -0.371. The van der Waals surface area contributed by atoms with Crippen LogP contribution in [0.25, 0.3) is 0 Å². The third-order valence-corrected chi connectivity index (χ3v) is 4.97. The minimum absolute atomic E-state index is 0.226. The number of hydrogen-bond acceptors (Lipinski definition) is 7. The Kier molecular flexibility index (Phi) is 6.52. The van der Waals surface area contributed by atoms with Gasteiger partial charge in [0.25, 0.3) is 0 Å². The second kappa shape index (κ2) is 8.62. The van der Waals surface area contributed by atoms with Gasteiger partial charge in [-0.05, 0) is 38.5 Å². The summed E-state index contributed by atoms with van der Waals surface area (Å²) in [5, 5.41) is 3.68. The van der Waals surface area contributed by atoms with Gasteiger partial charge in [-0.25, -0.2) is 4.79 Å². The molecule has 6 nitrogen and oxygen atoms in total. The highest BCUT2D eigenvalue weighted by Gasteiger charge is 2.26. The van der Waals surface area contributed by atoms with E-state index in [0.717, 1.165) is 22.6 Å². The number of thiophene rings is 1. The van der Waals surface area contributed by atoms with Gasteiger partial charge in [0.1, 0.15) is 11.4 Å². The number of carbonyl (C=O) groups is 3. The molecule has 0 bridgehead atoms. The SMILES string of the molecule is CCOC(=O)c1c(Nc2ccc(C)cc2)sc(C(=O)CC(=O)OC)c1C. The third-order valence-electron chi connectivity index (χ3n) is 3.72. The van der Waals surface area contributed by atoms with Gasteiger partial charge in [-0.15, -0.1) is 11.3 Å². The van der Waals surface area contributed by atoms with Crippen LogP contribution < -0.4 is 5.32 Å². The summed E-state index contributed by atoms with van der Waals surface area (Å²) in [7, 11) is 1.23. The van der Waals surface area contributed by atoms with Crippen LogP contribution in [0.1, 0.15) is 44.5 Å². The lowest BCUT2D eigenvalue weighted by atomic mass is 10.1. The first kappa shape index (κ1) is 19.7. The molecule has 2 rings (SSSR count). The van der Waals surface area contributed by atoms with Crippen LogP contribution in [0.2, 0.25) is 0 Å². The van der Waals surface area contributed by atoms with Crippen molar-refractivity contribution in [2.45, 2.75) is 27.2 Å². The normalized spacial score (nSPS) is 10.3. The van der Waals surface area contributed by atoms with Gasteiger partial charge in [-0.3, -0.25) is 9.59 Å². The molecule has 7 heteroatoms. The summed E-state index contributed by atoms with van der Waals surface area (Å²) in [5.74, 6) is -1.51. The number of ether oxygens (including phenoxy) is 2. The molecule has 1 aromatic heterocycles. The number of hydrogen-bond donors (Lipinski definition) is 1. The van der Waals surface area contributed by atoms with Gasteiger partial charge >= 0.3 is 11.9 Å². The topological polar surface area (TPSA) is 81.7 Å². The van der Waals surface area contributed by atoms with Crippen molar-refractivity contribution in [3.05, 3.63) is 45.8 Å². The van der Waals surface area contributed by atoms with Gasteiger partial charge in [0.05, 0.1) is 24.2 Å². The highest BCUT2D eigenvalue weighted by molar-refractivity contribution is 7.18. The van der Waals surface area contributed by atoms with Gasteiger partial charge in [-0.1, -0.05) is 17.7 Å². The number of Topliss-reactive ketones (excluding diaryl/α,β-unsaturated/α-hetero) is 1. The number of anilines is 2. The van der Waals surface area contributed by atoms with Crippen molar-refractivity contribution >= 4 is 39.7 Å². The minimum atomic E-state index is -0.617. The first-order valence-electron chi connectivity index (χ1n) is 8.11. The largest absolute Gasteiger partial charge is 0.469 e. The van der Waals surface area contributed by atoms with E-state index >= 15 is 0 Å². The molecule has 0 saturated carbocycles. The van der Waals surface area contributed by atoms with E-state index in [1.807, 2.05) is 31.2 Å². The van der Waals surface area contributed by atoms with Crippen molar-refractivity contribution in [2.75, 3.05) is 19.0 Å². The van der Waals surface area contributed by atoms with Crippen LogP contribution in [-0.4, -0.2) is 31.4 Å². The molecule has 0 atom stereocenters. The molecule has 0 aliphatic rings. The molecule has 2 aromatic rings. The fourth-order valence-corrected chi connectivity index (χ4v) is 3.52. The molecule has 26 heavy (non-hydrogen) atoms. The summed E-state index contributed by atoms with van der Waals surface area (Å²) in [6, 6.07) is 7.65. The molecule has 0 saturated heterocycles. The van der Waals surface area contributed by atoms with E-state index in [0.29, 0.717) is 21.0 Å². The summed E-state index contributed by atoms with van der Waals surface area (Å²) >= 11 is 1.13. The average molecular weight is 375 g/mol. The van der Waals surface area contributed by atoms with E-state index in [9.17, 15) is 14.4 Å². The molecular formula is C19H21NO5S. The first-order chi connectivity index (χ1) is 12.4. The number of carbonyl (C=O) groups excluding carboxylic acids is 3. The van der Waals surface area contributed by atoms with E-state index in [1.54, 1.807) is 13.8 Å².